The number of anilines is 1. The van der Waals surface area contributed by atoms with Gasteiger partial charge in [0.05, 0.1) is 18.7 Å². The molecule has 4 rings (SSSR count). The van der Waals surface area contributed by atoms with E-state index in [-0.39, 0.29) is 12.2 Å². The van der Waals surface area contributed by atoms with E-state index in [2.05, 4.69) is 35.8 Å². The molecule has 1 atom stereocenters. The number of Topliss-reactive ketones (excluding diaryl/α,β-unsaturated/α-hetero) is 1. The van der Waals surface area contributed by atoms with E-state index in [0.717, 1.165) is 26.7 Å². The quantitative estimate of drug-likeness (QED) is 0.406. The highest BCUT2D eigenvalue weighted by molar-refractivity contribution is 9.10. The molecule has 0 unspecified atom stereocenters. The zero-order valence-corrected chi connectivity index (χ0v) is 20.9. The van der Waals surface area contributed by atoms with Crippen molar-refractivity contribution in [3.8, 4) is 0 Å². The Bertz CT molecular complexity index is 1230. The van der Waals surface area contributed by atoms with Gasteiger partial charge in [0.2, 0.25) is 0 Å². The number of ketones is 1. The van der Waals surface area contributed by atoms with Crippen LogP contribution in [0.15, 0.2) is 65.1 Å². The van der Waals surface area contributed by atoms with E-state index < -0.39 is 11.5 Å². The van der Waals surface area contributed by atoms with Crippen molar-refractivity contribution in [2.75, 3.05) is 4.90 Å². The molecule has 1 N–H and O–H groups in total. The number of rotatable bonds is 6. The number of aryl methyl sites for hydroxylation is 2. The monoisotopic (exact) mass is 505 g/mol. The minimum Gasteiger partial charge on any atom is -0.375 e. The van der Waals surface area contributed by atoms with Gasteiger partial charge in [0.1, 0.15) is 0 Å². The summed E-state index contributed by atoms with van der Waals surface area (Å²) in [5.41, 5.74) is 4.00. The topological polar surface area (TPSA) is 57.6 Å². The lowest BCUT2D eigenvalue weighted by Crippen LogP contribution is -2.41. The van der Waals surface area contributed by atoms with Crippen molar-refractivity contribution in [2.24, 2.45) is 0 Å². The zero-order chi connectivity index (χ0) is 23.9. The second-order valence-electron chi connectivity index (χ2n) is 9.22. The molecule has 0 fully saturated rings. The Labute approximate surface area is 203 Å². The minimum absolute atomic E-state index is 0.263. The van der Waals surface area contributed by atoms with Crippen molar-refractivity contribution in [1.82, 2.24) is 0 Å². The molecule has 3 aromatic rings. The van der Waals surface area contributed by atoms with Crippen molar-refractivity contribution < 1.29 is 14.7 Å². The third-order valence-electron chi connectivity index (χ3n) is 6.44. The van der Waals surface area contributed by atoms with Gasteiger partial charge in [0, 0.05) is 15.6 Å². The smallest absolute Gasteiger partial charge is 0.264 e. The van der Waals surface area contributed by atoms with Crippen LogP contribution in [0, 0.1) is 13.8 Å². The molecule has 0 spiro atoms. The number of fused-ring (bicyclic) bond motifs is 1. The Morgan fingerprint density at radius 2 is 1.73 bits per heavy atom. The van der Waals surface area contributed by atoms with Crippen LogP contribution in [0.2, 0.25) is 0 Å². The molecule has 0 radical (unpaired) electrons. The number of carbonyl (C=O) groups excluding carboxylic acids is 2. The highest BCUT2D eigenvalue weighted by Crippen LogP contribution is 2.45. The predicted octanol–water partition coefficient (Wildman–Crippen LogP) is 6.20. The van der Waals surface area contributed by atoms with Gasteiger partial charge in [-0.3, -0.25) is 9.59 Å². The van der Waals surface area contributed by atoms with Crippen molar-refractivity contribution >= 4 is 33.3 Å². The van der Waals surface area contributed by atoms with Crippen LogP contribution in [-0.4, -0.2) is 16.8 Å². The van der Waals surface area contributed by atoms with Gasteiger partial charge < -0.3 is 10.0 Å². The molecule has 1 heterocycles. The summed E-state index contributed by atoms with van der Waals surface area (Å²) in [5, 5.41) is 11.7. The highest BCUT2D eigenvalue weighted by atomic mass is 79.9. The summed E-state index contributed by atoms with van der Waals surface area (Å²) in [6, 6.07) is 18.9. The largest absolute Gasteiger partial charge is 0.375 e. The number of halogens is 1. The molecule has 0 aliphatic carbocycles. The number of benzene rings is 3. The molecule has 0 aromatic heterocycles. The van der Waals surface area contributed by atoms with Gasteiger partial charge in [-0.1, -0.05) is 77.8 Å². The first kappa shape index (κ1) is 23.4. The van der Waals surface area contributed by atoms with Crippen molar-refractivity contribution in [3.63, 3.8) is 0 Å². The first-order valence-electron chi connectivity index (χ1n) is 11.1. The van der Waals surface area contributed by atoms with Gasteiger partial charge in [0.25, 0.3) is 5.91 Å². The van der Waals surface area contributed by atoms with Gasteiger partial charge in [-0.15, -0.1) is 0 Å². The van der Waals surface area contributed by atoms with Crippen LogP contribution in [0.3, 0.4) is 0 Å². The Morgan fingerprint density at radius 3 is 2.39 bits per heavy atom. The maximum Gasteiger partial charge on any atom is 0.264 e. The molecule has 0 saturated heterocycles. The van der Waals surface area contributed by atoms with Crippen LogP contribution in [0.1, 0.15) is 64.4 Å². The van der Waals surface area contributed by atoms with E-state index in [1.165, 1.54) is 0 Å². The average Bonchev–Trinajstić information content (AvgIpc) is 2.97. The Hall–Kier alpha value is -2.76. The lowest BCUT2D eigenvalue weighted by Gasteiger charge is -2.23. The van der Waals surface area contributed by atoms with E-state index in [1.807, 2.05) is 50.2 Å². The Balaban J connectivity index is 1.69. The average molecular weight is 506 g/mol. The summed E-state index contributed by atoms with van der Waals surface area (Å²) in [6.45, 7) is 8.54. The number of carbonyl (C=O) groups is 2. The van der Waals surface area contributed by atoms with E-state index in [9.17, 15) is 14.7 Å². The van der Waals surface area contributed by atoms with Crippen molar-refractivity contribution in [2.45, 2.75) is 52.2 Å². The lowest BCUT2D eigenvalue weighted by molar-refractivity contribution is -0.136. The molecule has 1 aliphatic rings. The summed E-state index contributed by atoms with van der Waals surface area (Å²) >= 11 is 3.45. The molecule has 5 heteroatoms. The number of nitrogens with zero attached hydrogens (tertiary/aromatic N) is 1. The Kier molecular flexibility index (Phi) is 6.30. The van der Waals surface area contributed by atoms with E-state index >= 15 is 0 Å². The lowest BCUT2D eigenvalue weighted by atomic mass is 9.87. The molecule has 170 valence electrons. The molecule has 0 saturated carbocycles. The van der Waals surface area contributed by atoms with Crippen LogP contribution in [0.25, 0.3) is 0 Å². The van der Waals surface area contributed by atoms with Gasteiger partial charge in [-0.05, 0) is 54.7 Å². The van der Waals surface area contributed by atoms with Crippen LogP contribution < -0.4 is 4.90 Å². The standard InChI is InChI=1S/C28H28BrNO3/c1-17(2)20-7-9-21(10-8-20)26(31)15-28(33)24-14-23(29)11-12-25(24)30(27(28)32)16-22-13-18(3)5-6-19(22)4/h5-14,17,33H,15-16H2,1-4H3/t28-/m1/s1. The second-order valence-corrected chi connectivity index (χ2v) is 10.1. The van der Waals surface area contributed by atoms with Crippen LogP contribution in [-0.2, 0) is 16.9 Å². The van der Waals surface area contributed by atoms with Gasteiger partial charge in [-0.2, -0.15) is 0 Å². The normalized spacial score (nSPS) is 17.5. The third kappa shape index (κ3) is 4.40. The summed E-state index contributed by atoms with van der Waals surface area (Å²) in [4.78, 5) is 28.4. The third-order valence-corrected chi connectivity index (χ3v) is 6.94. The summed E-state index contributed by atoms with van der Waals surface area (Å²) < 4.78 is 0.745. The SMILES string of the molecule is Cc1ccc(C)c(CN2C(=O)[C@@](O)(CC(=O)c3ccc(C(C)C)cc3)c3cc(Br)ccc32)c1. The number of hydrogen-bond acceptors (Lipinski definition) is 3. The van der Waals surface area contributed by atoms with Crippen LogP contribution >= 0.6 is 15.9 Å². The maximum atomic E-state index is 13.6. The van der Waals surface area contributed by atoms with Crippen molar-refractivity contribution in [1.29, 1.82) is 0 Å². The van der Waals surface area contributed by atoms with Crippen LogP contribution in [0.5, 0.6) is 0 Å². The predicted molar refractivity (Wildman–Crippen MR) is 135 cm³/mol. The molecule has 33 heavy (non-hydrogen) atoms. The molecular formula is C28H28BrNO3. The number of amides is 1. The minimum atomic E-state index is -1.91. The summed E-state index contributed by atoms with van der Waals surface area (Å²) in [6.07, 6.45) is -0.306. The number of hydrogen-bond donors (Lipinski definition) is 1. The highest BCUT2D eigenvalue weighted by Gasteiger charge is 2.51. The molecule has 0 bridgehead atoms. The molecule has 1 amide bonds. The first-order valence-corrected chi connectivity index (χ1v) is 11.9. The van der Waals surface area contributed by atoms with Crippen molar-refractivity contribution in [3.05, 3.63) is 98.5 Å². The van der Waals surface area contributed by atoms with Crippen LogP contribution in [0.4, 0.5) is 5.69 Å². The van der Waals surface area contributed by atoms with E-state index in [1.54, 1.807) is 23.1 Å². The zero-order valence-electron chi connectivity index (χ0n) is 19.4. The summed E-state index contributed by atoms with van der Waals surface area (Å²) in [7, 11) is 0. The maximum absolute atomic E-state index is 13.6. The Morgan fingerprint density at radius 1 is 1.03 bits per heavy atom. The fraction of sp³-hybridized carbons (Fsp3) is 0.286. The van der Waals surface area contributed by atoms with E-state index in [0.29, 0.717) is 29.3 Å². The van der Waals surface area contributed by atoms with Gasteiger partial charge in [-0.25, -0.2) is 0 Å². The van der Waals surface area contributed by atoms with E-state index in [4.69, 9.17) is 0 Å². The number of aliphatic hydroxyl groups is 1. The second kappa shape index (κ2) is 8.88. The molecule has 4 nitrogen and oxygen atoms in total. The summed E-state index contributed by atoms with van der Waals surface area (Å²) in [5.74, 6) is -0.373. The molecule has 3 aromatic carbocycles. The fourth-order valence-electron chi connectivity index (χ4n) is 4.38. The first-order chi connectivity index (χ1) is 15.6. The van der Waals surface area contributed by atoms with Gasteiger partial charge in [0.15, 0.2) is 11.4 Å². The molecular weight excluding hydrogens is 478 g/mol. The fourth-order valence-corrected chi connectivity index (χ4v) is 4.74. The molecule has 1 aliphatic heterocycles. The van der Waals surface area contributed by atoms with Gasteiger partial charge >= 0.3 is 0 Å².